The summed E-state index contributed by atoms with van der Waals surface area (Å²) in [7, 11) is 1.61. The van der Waals surface area contributed by atoms with E-state index in [1.54, 1.807) is 30.5 Å². The summed E-state index contributed by atoms with van der Waals surface area (Å²) >= 11 is 5.11. The number of hydrogen-bond donors (Lipinski definition) is 1. The Labute approximate surface area is 177 Å². The van der Waals surface area contributed by atoms with Crippen molar-refractivity contribution < 1.29 is 14.3 Å². The zero-order valence-electron chi connectivity index (χ0n) is 16.3. The molecule has 1 atom stereocenters. The fraction of sp³-hybridized carbons (Fsp3) is 0.421. The smallest absolute Gasteiger partial charge is 0.338 e. The number of methoxy groups -OCH3 is 1. The standard InChI is InChI=1S/C19H23BrN4O3S/c1-5-9-28-19-22-18-21-11(3)15(17(25)27-6-2)16(24(18)23-19)13-10-12(20)7-8-14(13)26-4/h7-8,10,16H,5-6,9H2,1-4H3,(H,21,22,23). The van der Waals surface area contributed by atoms with Crippen LogP contribution in [0.4, 0.5) is 5.95 Å². The molecule has 0 saturated heterocycles. The normalized spacial score (nSPS) is 15.8. The number of halogens is 1. The van der Waals surface area contributed by atoms with Crippen LogP contribution in [0.1, 0.15) is 38.8 Å². The minimum atomic E-state index is -0.508. The van der Waals surface area contributed by atoms with E-state index in [1.807, 2.05) is 25.1 Å². The van der Waals surface area contributed by atoms with Gasteiger partial charge in [-0.25, -0.2) is 9.48 Å². The average molecular weight is 467 g/mol. The number of allylic oxidation sites excluding steroid dienone is 1. The molecule has 9 heteroatoms. The van der Waals surface area contributed by atoms with Crippen molar-refractivity contribution in [1.29, 1.82) is 0 Å². The van der Waals surface area contributed by atoms with E-state index in [9.17, 15) is 4.79 Å². The van der Waals surface area contributed by atoms with Gasteiger partial charge >= 0.3 is 5.97 Å². The highest BCUT2D eigenvalue weighted by Crippen LogP contribution is 2.41. The highest BCUT2D eigenvalue weighted by molar-refractivity contribution is 9.10. The fourth-order valence-corrected chi connectivity index (χ4v) is 4.13. The van der Waals surface area contributed by atoms with Gasteiger partial charge in [0.05, 0.1) is 19.3 Å². The van der Waals surface area contributed by atoms with Crippen molar-refractivity contribution in [3.8, 4) is 5.75 Å². The number of thioether (sulfide) groups is 1. The van der Waals surface area contributed by atoms with Gasteiger partial charge in [-0.05, 0) is 38.5 Å². The number of carbonyl (C=O) groups is 1. The number of carbonyl (C=O) groups excluding carboxylic acids is 1. The molecule has 0 fully saturated rings. The largest absolute Gasteiger partial charge is 0.496 e. The summed E-state index contributed by atoms with van der Waals surface area (Å²) in [4.78, 5) is 17.4. The number of nitrogens with one attached hydrogen (secondary N) is 1. The molecule has 0 saturated carbocycles. The Balaban J connectivity index is 2.17. The molecule has 1 aliphatic rings. The van der Waals surface area contributed by atoms with Crippen LogP contribution < -0.4 is 10.1 Å². The number of ether oxygens (including phenoxy) is 2. The molecule has 0 radical (unpaired) electrons. The van der Waals surface area contributed by atoms with E-state index < -0.39 is 6.04 Å². The summed E-state index contributed by atoms with van der Waals surface area (Å²) in [5.41, 5.74) is 1.99. The minimum Gasteiger partial charge on any atom is -0.496 e. The zero-order valence-corrected chi connectivity index (χ0v) is 18.7. The third kappa shape index (κ3) is 4.05. The third-order valence-corrected chi connectivity index (χ3v) is 5.79. The summed E-state index contributed by atoms with van der Waals surface area (Å²) in [6.45, 7) is 6.04. The van der Waals surface area contributed by atoms with Crippen LogP contribution in [0.2, 0.25) is 0 Å². The second kappa shape index (κ2) is 9.00. The third-order valence-electron chi connectivity index (χ3n) is 4.25. The monoisotopic (exact) mass is 466 g/mol. The first-order valence-corrected chi connectivity index (χ1v) is 10.9. The Morgan fingerprint density at radius 3 is 2.86 bits per heavy atom. The van der Waals surface area contributed by atoms with Gasteiger partial charge in [0.2, 0.25) is 11.1 Å². The van der Waals surface area contributed by atoms with Crippen molar-refractivity contribution in [1.82, 2.24) is 14.8 Å². The Kier molecular flexibility index (Phi) is 6.66. The van der Waals surface area contributed by atoms with Crippen LogP contribution in [0.15, 0.2) is 39.1 Å². The molecule has 3 rings (SSSR count). The van der Waals surface area contributed by atoms with Crippen LogP contribution in [0, 0.1) is 0 Å². The van der Waals surface area contributed by atoms with Crippen LogP contribution in [-0.2, 0) is 9.53 Å². The van der Waals surface area contributed by atoms with E-state index in [0.29, 0.717) is 34.7 Å². The highest BCUT2D eigenvalue weighted by Gasteiger charge is 2.36. The molecular formula is C19H23BrN4O3S. The quantitative estimate of drug-likeness (QED) is 0.478. The van der Waals surface area contributed by atoms with Gasteiger partial charge in [0.25, 0.3) is 0 Å². The summed E-state index contributed by atoms with van der Waals surface area (Å²) in [5.74, 6) is 1.79. The van der Waals surface area contributed by atoms with Gasteiger partial charge in [-0.3, -0.25) is 0 Å². The molecule has 0 aliphatic carbocycles. The lowest BCUT2D eigenvalue weighted by atomic mass is 9.95. The average Bonchev–Trinajstić information content (AvgIpc) is 3.07. The number of nitrogens with zero attached hydrogens (tertiary/aromatic N) is 3. The molecule has 0 amide bonds. The Hall–Kier alpha value is -2.00. The molecule has 1 N–H and O–H groups in total. The van der Waals surface area contributed by atoms with Crippen LogP contribution in [0.5, 0.6) is 5.75 Å². The van der Waals surface area contributed by atoms with Gasteiger partial charge in [-0.15, -0.1) is 5.10 Å². The summed E-state index contributed by atoms with van der Waals surface area (Å²) in [5, 5.41) is 8.54. The number of fused-ring (bicyclic) bond motifs is 1. The zero-order chi connectivity index (χ0) is 20.3. The number of benzene rings is 1. The van der Waals surface area contributed by atoms with E-state index in [1.165, 1.54) is 0 Å². The minimum absolute atomic E-state index is 0.291. The molecule has 0 bridgehead atoms. The van der Waals surface area contributed by atoms with Crippen LogP contribution >= 0.6 is 27.7 Å². The lowest BCUT2D eigenvalue weighted by molar-refractivity contribution is -0.139. The second-order valence-electron chi connectivity index (χ2n) is 6.18. The van der Waals surface area contributed by atoms with E-state index in [0.717, 1.165) is 22.2 Å². The topological polar surface area (TPSA) is 78.3 Å². The number of aromatic nitrogens is 3. The number of esters is 1. The maximum absolute atomic E-state index is 12.8. The first-order valence-electron chi connectivity index (χ1n) is 9.07. The Morgan fingerprint density at radius 2 is 2.18 bits per heavy atom. The predicted octanol–water partition coefficient (Wildman–Crippen LogP) is 4.40. The van der Waals surface area contributed by atoms with E-state index in [2.05, 4.69) is 38.3 Å². The van der Waals surface area contributed by atoms with E-state index in [4.69, 9.17) is 9.47 Å². The van der Waals surface area contributed by atoms with Crippen molar-refractivity contribution in [3.63, 3.8) is 0 Å². The summed E-state index contributed by atoms with van der Waals surface area (Å²) in [6.07, 6.45) is 1.02. The molecule has 7 nitrogen and oxygen atoms in total. The van der Waals surface area contributed by atoms with E-state index >= 15 is 0 Å². The lowest BCUT2D eigenvalue weighted by Crippen LogP contribution is -2.30. The molecular weight excluding hydrogens is 444 g/mol. The number of hydrogen-bond acceptors (Lipinski definition) is 7. The maximum Gasteiger partial charge on any atom is 0.338 e. The van der Waals surface area contributed by atoms with Crippen molar-refractivity contribution in [2.24, 2.45) is 0 Å². The van der Waals surface area contributed by atoms with E-state index in [-0.39, 0.29) is 5.97 Å². The first-order chi connectivity index (χ1) is 13.5. The maximum atomic E-state index is 12.8. The van der Waals surface area contributed by atoms with Gasteiger partial charge in [0, 0.05) is 21.5 Å². The molecule has 1 aromatic heterocycles. The highest BCUT2D eigenvalue weighted by atomic mass is 79.9. The van der Waals surface area contributed by atoms with Crippen LogP contribution in [0.3, 0.4) is 0 Å². The van der Waals surface area contributed by atoms with Crippen molar-refractivity contribution >= 4 is 39.6 Å². The fourth-order valence-electron chi connectivity index (χ4n) is 3.07. The van der Waals surface area contributed by atoms with Crippen molar-refractivity contribution in [2.45, 2.75) is 38.4 Å². The molecule has 150 valence electrons. The van der Waals surface area contributed by atoms with Gasteiger partial charge < -0.3 is 14.8 Å². The molecule has 1 aromatic carbocycles. The summed E-state index contributed by atoms with van der Waals surface area (Å²) < 4.78 is 13.5. The van der Waals surface area contributed by atoms with Crippen molar-refractivity contribution in [3.05, 3.63) is 39.5 Å². The Morgan fingerprint density at radius 1 is 1.39 bits per heavy atom. The van der Waals surface area contributed by atoms with Gasteiger partial charge in [0.1, 0.15) is 11.8 Å². The van der Waals surface area contributed by atoms with Gasteiger partial charge in [-0.2, -0.15) is 4.98 Å². The SMILES string of the molecule is CCCSc1nc2n(n1)C(c1cc(Br)ccc1OC)C(C(=O)OCC)=C(C)N2. The van der Waals surface area contributed by atoms with Gasteiger partial charge in [-0.1, -0.05) is 34.6 Å². The molecule has 2 aromatic rings. The first kappa shape index (κ1) is 20.7. The molecule has 28 heavy (non-hydrogen) atoms. The van der Waals surface area contributed by atoms with Gasteiger partial charge in [0.15, 0.2) is 0 Å². The molecule has 0 spiro atoms. The Bertz CT molecular complexity index is 913. The number of rotatable bonds is 7. The molecule has 2 heterocycles. The van der Waals surface area contributed by atoms with Crippen LogP contribution in [-0.4, -0.2) is 40.2 Å². The number of anilines is 1. The lowest BCUT2D eigenvalue weighted by Gasteiger charge is -2.29. The van der Waals surface area contributed by atoms with Crippen molar-refractivity contribution in [2.75, 3.05) is 24.8 Å². The predicted molar refractivity (Wildman–Crippen MR) is 113 cm³/mol. The second-order valence-corrected chi connectivity index (χ2v) is 8.16. The summed E-state index contributed by atoms with van der Waals surface area (Å²) in [6, 6.07) is 5.19. The molecule has 1 aliphatic heterocycles. The molecule has 1 unspecified atom stereocenters. The van der Waals surface area contributed by atoms with Crippen LogP contribution in [0.25, 0.3) is 0 Å².